The first-order chi connectivity index (χ1) is 5.41. The van der Waals surface area contributed by atoms with E-state index in [0.717, 1.165) is 5.88 Å². The summed E-state index contributed by atoms with van der Waals surface area (Å²) >= 11 is 5.56. The Morgan fingerprint density at radius 2 is 1.07 bits per heavy atom. The van der Waals surface area contributed by atoms with Crippen LogP contribution in [-0.4, -0.2) is 5.88 Å². The zero-order chi connectivity index (χ0) is 8.36. The van der Waals surface area contributed by atoms with Crippen molar-refractivity contribution in [3.8, 4) is 0 Å². The maximum atomic E-state index is 5.56. The molecule has 0 aromatic rings. The lowest BCUT2D eigenvalue weighted by molar-refractivity contribution is 0.586. The molecule has 1 atom stereocenters. The van der Waals surface area contributed by atoms with Crippen LogP contribution in [0, 0.1) is 0 Å². The van der Waals surface area contributed by atoms with Crippen molar-refractivity contribution in [3.63, 3.8) is 0 Å². The van der Waals surface area contributed by atoms with Crippen molar-refractivity contribution in [1.82, 2.24) is 0 Å². The summed E-state index contributed by atoms with van der Waals surface area (Å²) < 4.78 is 0. The van der Waals surface area contributed by atoms with Gasteiger partial charge in [0.1, 0.15) is 0 Å². The molecule has 14 heavy (non-hydrogen) atoms. The van der Waals surface area contributed by atoms with Crippen molar-refractivity contribution in [2.75, 3.05) is 5.88 Å². The summed E-state index contributed by atoms with van der Waals surface area (Å²) in [7, 11) is 0. The fourth-order valence-electron chi connectivity index (χ4n) is 1.23. The van der Waals surface area contributed by atoms with Gasteiger partial charge in [0, 0.05) is 5.88 Å². The highest BCUT2D eigenvalue weighted by Crippen LogP contribution is 2.08. The van der Waals surface area contributed by atoms with Crippen molar-refractivity contribution < 1.29 is 0 Å². The van der Waals surface area contributed by atoms with Crippen LogP contribution in [0.4, 0.5) is 0 Å². The van der Waals surface area contributed by atoms with Gasteiger partial charge < -0.3 is 0 Å². The van der Waals surface area contributed by atoms with E-state index in [1.165, 1.54) is 51.4 Å². The molecular weight excluding hydrogens is 257 g/mol. The number of alkyl halides is 1. The first kappa shape index (κ1) is 24.5. The van der Waals surface area contributed by atoms with Gasteiger partial charge in [0.05, 0.1) is 0 Å². The van der Waals surface area contributed by atoms with Crippen molar-refractivity contribution >= 4 is 46.3 Å². The Bertz CT molecular complexity index is 64.4. The molecule has 0 amide bonds. The molecule has 0 aliphatic rings. The normalized spacial score (nSPS) is 8.14. The third-order valence-electron chi connectivity index (χ3n) is 1.99. The predicted molar refractivity (Wildman–Crippen MR) is 78.9 cm³/mol. The second-order valence-electron chi connectivity index (χ2n) is 3.16. The largest absolute Gasteiger partial charge is 0.153 e. The van der Waals surface area contributed by atoms with Gasteiger partial charge in [-0.25, -0.2) is 0 Å². The molecule has 4 heteroatoms. The van der Waals surface area contributed by atoms with E-state index >= 15 is 0 Å². The molecule has 0 bridgehead atoms. The Morgan fingerprint density at radius 3 is 1.43 bits per heavy atom. The van der Waals surface area contributed by atoms with Gasteiger partial charge in [0.25, 0.3) is 0 Å². The highest BCUT2D eigenvalue weighted by atomic mass is 35.5. The predicted octanol–water partition coefficient (Wildman–Crippen LogP) is 5.27. The van der Waals surface area contributed by atoms with Gasteiger partial charge in [-0.2, -0.15) is 9.90 Å². The van der Waals surface area contributed by atoms with Crippen LogP contribution in [-0.2, 0) is 0 Å². The van der Waals surface area contributed by atoms with Crippen molar-refractivity contribution in [1.29, 1.82) is 0 Å². The molecule has 0 aliphatic carbocycles. The van der Waals surface area contributed by atoms with E-state index in [-0.39, 0.29) is 34.7 Å². The van der Waals surface area contributed by atoms with Crippen molar-refractivity contribution in [2.24, 2.45) is 0 Å². The highest BCUT2D eigenvalue weighted by Gasteiger charge is 1.89. The second kappa shape index (κ2) is 23.8. The third-order valence-corrected chi connectivity index (χ3v) is 2.25. The van der Waals surface area contributed by atoms with Gasteiger partial charge in [0.2, 0.25) is 0 Å². The Kier molecular flexibility index (Phi) is 41.7. The molecule has 0 spiro atoms. The minimum absolute atomic E-state index is 0. The van der Waals surface area contributed by atoms with Gasteiger partial charge in [-0.1, -0.05) is 51.9 Å². The van der Waals surface area contributed by atoms with E-state index < -0.39 is 0 Å². The second-order valence-corrected chi connectivity index (χ2v) is 3.54. The number of unbranched alkanes of at least 4 members (excludes halogenated alkanes) is 7. The minimum Gasteiger partial charge on any atom is -0.153 e. The van der Waals surface area contributed by atoms with Crippen LogP contribution in [0.15, 0.2) is 0 Å². The zero-order valence-electron chi connectivity index (χ0n) is 9.27. The molecule has 0 saturated carbocycles. The number of halogens is 3. The van der Waals surface area contributed by atoms with Gasteiger partial charge >= 0.3 is 0 Å². The SMILES string of the molecule is CCCCCCCCCCCl.Cl.Cl.P. The fraction of sp³-hybridized carbons (Fsp3) is 1.00. The summed E-state index contributed by atoms with van der Waals surface area (Å²) in [6.45, 7) is 2.26. The van der Waals surface area contributed by atoms with E-state index in [9.17, 15) is 0 Å². The summed E-state index contributed by atoms with van der Waals surface area (Å²) in [5.74, 6) is 0.842. The molecule has 0 aliphatic heterocycles. The lowest BCUT2D eigenvalue weighted by atomic mass is 10.1. The minimum atomic E-state index is 0. The third kappa shape index (κ3) is 23.3. The van der Waals surface area contributed by atoms with Crippen LogP contribution in [0.2, 0.25) is 0 Å². The van der Waals surface area contributed by atoms with E-state index in [1.54, 1.807) is 0 Å². The maximum Gasteiger partial charge on any atom is 0.0223 e. The average molecular weight is 284 g/mol. The standard InChI is InChI=1S/C10H21Cl.2ClH.H3P/c1-2-3-4-5-6-7-8-9-10-11;;;/h2-10H2,1H3;2*1H;1H3. The molecular formula is C10H26Cl3P. The first-order valence-corrected chi connectivity index (χ1v) is 5.51. The van der Waals surface area contributed by atoms with E-state index in [4.69, 9.17) is 11.6 Å². The smallest absolute Gasteiger partial charge is 0.0223 e. The monoisotopic (exact) mass is 282 g/mol. The zero-order valence-corrected chi connectivity index (χ0v) is 13.1. The van der Waals surface area contributed by atoms with Crippen LogP contribution < -0.4 is 0 Å². The molecule has 0 radical (unpaired) electrons. The van der Waals surface area contributed by atoms with Gasteiger partial charge in [-0.3, -0.25) is 0 Å². The fourth-order valence-corrected chi connectivity index (χ4v) is 1.42. The van der Waals surface area contributed by atoms with E-state index in [1.807, 2.05) is 0 Å². The van der Waals surface area contributed by atoms with Crippen LogP contribution in [0.5, 0.6) is 0 Å². The molecule has 0 aromatic heterocycles. The number of hydrogen-bond donors (Lipinski definition) is 0. The summed E-state index contributed by atoms with van der Waals surface area (Å²) in [5.41, 5.74) is 0. The Morgan fingerprint density at radius 1 is 0.714 bits per heavy atom. The van der Waals surface area contributed by atoms with Crippen molar-refractivity contribution in [2.45, 2.75) is 58.3 Å². The molecule has 0 rings (SSSR count). The van der Waals surface area contributed by atoms with Gasteiger partial charge in [-0.15, -0.1) is 36.4 Å². The van der Waals surface area contributed by atoms with Gasteiger partial charge in [-0.05, 0) is 6.42 Å². The number of hydrogen-bond acceptors (Lipinski definition) is 0. The topological polar surface area (TPSA) is 0 Å². The number of rotatable bonds is 8. The molecule has 0 saturated heterocycles. The summed E-state index contributed by atoms with van der Waals surface area (Å²) in [5, 5.41) is 0. The van der Waals surface area contributed by atoms with Gasteiger partial charge in [0.15, 0.2) is 0 Å². The van der Waals surface area contributed by atoms with Crippen LogP contribution >= 0.6 is 46.3 Å². The quantitative estimate of drug-likeness (QED) is 0.323. The van der Waals surface area contributed by atoms with Crippen molar-refractivity contribution in [3.05, 3.63) is 0 Å². The lowest BCUT2D eigenvalue weighted by Gasteiger charge is -1.98. The molecule has 0 fully saturated rings. The highest BCUT2D eigenvalue weighted by molar-refractivity contribution is 6.92. The molecule has 0 aromatic carbocycles. The summed E-state index contributed by atoms with van der Waals surface area (Å²) in [6.07, 6.45) is 10.9. The molecule has 1 unspecified atom stereocenters. The maximum absolute atomic E-state index is 5.56. The Labute approximate surface area is 110 Å². The van der Waals surface area contributed by atoms with Crippen LogP contribution in [0.25, 0.3) is 0 Å². The average Bonchev–Trinajstić information content (AvgIpc) is 2.03. The molecule has 0 nitrogen and oxygen atoms in total. The molecule has 0 heterocycles. The summed E-state index contributed by atoms with van der Waals surface area (Å²) in [6, 6.07) is 0. The van der Waals surface area contributed by atoms with E-state index in [2.05, 4.69) is 6.92 Å². The lowest BCUT2D eigenvalue weighted by Crippen LogP contribution is -1.80. The van der Waals surface area contributed by atoms with Crippen LogP contribution in [0.3, 0.4) is 0 Å². The molecule has 92 valence electrons. The Hall–Kier alpha value is 1.30. The molecule has 0 N–H and O–H groups in total. The van der Waals surface area contributed by atoms with Crippen LogP contribution in [0.1, 0.15) is 58.3 Å². The Balaban J connectivity index is -0.000000167. The van der Waals surface area contributed by atoms with E-state index in [0.29, 0.717) is 0 Å². The summed E-state index contributed by atoms with van der Waals surface area (Å²) in [4.78, 5) is 0. The first-order valence-electron chi connectivity index (χ1n) is 4.97.